The van der Waals surface area contributed by atoms with Gasteiger partial charge in [0.25, 0.3) is 5.91 Å². The van der Waals surface area contributed by atoms with E-state index in [2.05, 4.69) is 16.9 Å². The number of aromatic nitrogens is 2. The molecule has 7 nitrogen and oxygen atoms in total. The highest BCUT2D eigenvalue weighted by atomic mass is 16.5. The summed E-state index contributed by atoms with van der Waals surface area (Å²) >= 11 is 0. The lowest BCUT2D eigenvalue weighted by Crippen LogP contribution is -2.29. The van der Waals surface area contributed by atoms with Crippen LogP contribution in [0.4, 0.5) is 0 Å². The molecule has 1 saturated heterocycles. The van der Waals surface area contributed by atoms with Gasteiger partial charge in [-0.15, -0.1) is 0 Å². The number of rotatable bonds is 11. The summed E-state index contributed by atoms with van der Waals surface area (Å²) in [6.07, 6.45) is 14.2. The first-order valence-corrected chi connectivity index (χ1v) is 11.1. The molecule has 7 heteroatoms. The molecule has 1 unspecified atom stereocenters. The van der Waals surface area contributed by atoms with Gasteiger partial charge in [-0.3, -0.25) is 4.79 Å². The molecule has 166 valence electrons. The molecule has 2 heterocycles. The van der Waals surface area contributed by atoms with E-state index >= 15 is 0 Å². The van der Waals surface area contributed by atoms with Gasteiger partial charge in [-0.1, -0.05) is 0 Å². The van der Waals surface area contributed by atoms with Crippen molar-refractivity contribution in [2.75, 3.05) is 47.0 Å². The van der Waals surface area contributed by atoms with Gasteiger partial charge in [0.1, 0.15) is 0 Å². The predicted octanol–water partition coefficient (Wildman–Crippen LogP) is 3.40. The van der Waals surface area contributed by atoms with Crippen LogP contribution in [0.15, 0.2) is 30.3 Å². The zero-order valence-electron chi connectivity index (χ0n) is 18.7. The molecule has 1 atom stereocenters. The molecule has 2 aliphatic rings. The third kappa shape index (κ3) is 6.19. The number of hydrogen-bond acceptors (Lipinski definition) is 5. The normalized spacial score (nSPS) is 19.5. The molecule has 0 radical (unpaired) electrons. The van der Waals surface area contributed by atoms with Crippen LogP contribution in [0.25, 0.3) is 5.70 Å². The maximum Gasteiger partial charge on any atom is 0.256 e. The lowest BCUT2D eigenvalue weighted by molar-refractivity contribution is 0.0744. The number of carbonyl (C=O) groups is 1. The number of ether oxygens (including phenoxy) is 2. The molecule has 1 aromatic rings. The molecule has 0 N–H and O–H groups in total. The Morgan fingerprint density at radius 2 is 2.13 bits per heavy atom. The zero-order valence-corrected chi connectivity index (χ0v) is 18.7. The summed E-state index contributed by atoms with van der Waals surface area (Å²) < 4.78 is 12.8. The molecular formula is C23H36N4O3. The second-order valence-electron chi connectivity index (χ2n) is 8.27. The van der Waals surface area contributed by atoms with Crippen molar-refractivity contribution >= 4 is 11.6 Å². The van der Waals surface area contributed by atoms with Crippen LogP contribution >= 0.6 is 0 Å². The number of amides is 1. The first-order chi connectivity index (χ1) is 14.6. The molecule has 1 aliphatic heterocycles. The van der Waals surface area contributed by atoms with Crippen molar-refractivity contribution in [3.63, 3.8) is 0 Å². The largest absolute Gasteiger partial charge is 0.498 e. The Balaban J connectivity index is 1.42. The molecule has 1 aromatic heterocycles. The molecular weight excluding hydrogens is 380 g/mol. The second kappa shape index (κ2) is 11.3. The van der Waals surface area contributed by atoms with E-state index in [1.165, 1.54) is 32.4 Å². The number of allylic oxidation sites excluding steroid dienone is 4. The first-order valence-electron chi connectivity index (χ1n) is 11.1. The SMILES string of the molecule is COCCN(C)C(=O)c1cnn(C2=CC=C(OCCCCN3CCCC3C)CC2)c1. The van der Waals surface area contributed by atoms with E-state index in [1.807, 2.05) is 12.2 Å². The van der Waals surface area contributed by atoms with Crippen LogP contribution in [0.2, 0.25) is 0 Å². The fourth-order valence-electron chi connectivity index (χ4n) is 4.00. The third-order valence-corrected chi connectivity index (χ3v) is 6.01. The van der Waals surface area contributed by atoms with Crippen LogP contribution in [0.1, 0.15) is 55.8 Å². The zero-order chi connectivity index (χ0) is 21.3. The van der Waals surface area contributed by atoms with Gasteiger partial charge in [-0.25, -0.2) is 4.68 Å². The highest BCUT2D eigenvalue weighted by Crippen LogP contribution is 2.23. The van der Waals surface area contributed by atoms with Crippen LogP contribution in [-0.2, 0) is 9.47 Å². The fraction of sp³-hybridized carbons (Fsp3) is 0.652. The van der Waals surface area contributed by atoms with Crippen LogP contribution in [0.5, 0.6) is 0 Å². The van der Waals surface area contributed by atoms with E-state index in [0.717, 1.165) is 43.4 Å². The Morgan fingerprint density at radius 3 is 2.83 bits per heavy atom. The molecule has 0 aromatic carbocycles. The van der Waals surface area contributed by atoms with E-state index in [1.54, 1.807) is 36.1 Å². The highest BCUT2D eigenvalue weighted by Gasteiger charge is 2.19. The van der Waals surface area contributed by atoms with Gasteiger partial charge in [0.05, 0.1) is 30.7 Å². The summed E-state index contributed by atoms with van der Waals surface area (Å²) in [7, 11) is 3.41. The maximum atomic E-state index is 12.4. The first kappa shape index (κ1) is 22.6. The lowest BCUT2D eigenvalue weighted by Gasteiger charge is -2.21. The summed E-state index contributed by atoms with van der Waals surface area (Å²) in [6, 6.07) is 0.749. The fourth-order valence-corrected chi connectivity index (χ4v) is 4.00. The summed E-state index contributed by atoms with van der Waals surface area (Å²) in [5, 5.41) is 4.37. The second-order valence-corrected chi connectivity index (χ2v) is 8.27. The third-order valence-electron chi connectivity index (χ3n) is 6.01. The number of nitrogens with zero attached hydrogens (tertiary/aromatic N) is 4. The van der Waals surface area contributed by atoms with E-state index in [4.69, 9.17) is 9.47 Å². The molecule has 0 saturated carbocycles. The Morgan fingerprint density at radius 1 is 1.27 bits per heavy atom. The van der Waals surface area contributed by atoms with Gasteiger partial charge in [-0.05, 0) is 64.3 Å². The molecule has 1 fully saturated rings. The van der Waals surface area contributed by atoms with Crippen molar-refractivity contribution in [3.8, 4) is 0 Å². The average Bonchev–Trinajstić information content (AvgIpc) is 3.41. The van der Waals surface area contributed by atoms with Crippen molar-refractivity contribution in [1.82, 2.24) is 19.6 Å². The molecule has 30 heavy (non-hydrogen) atoms. The van der Waals surface area contributed by atoms with Crippen molar-refractivity contribution in [3.05, 3.63) is 35.9 Å². The van der Waals surface area contributed by atoms with Gasteiger partial charge in [0.15, 0.2) is 0 Å². The van der Waals surface area contributed by atoms with Crippen LogP contribution in [0.3, 0.4) is 0 Å². The molecule has 0 bridgehead atoms. The van der Waals surface area contributed by atoms with Crippen LogP contribution < -0.4 is 0 Å². The van der Waals surface area contributed by atoms with Crippen LogP contribution in [0, 0.1) is 0 Å². The van der Waals surface area contributed by atoms with Gasteiger partial charge in [0.2, 0.25) is 0 Å². The maximum absolute atomic E-state index is 12.4. The van der Waals surface area contributed by atoms with Crippen molar-refractivity contribution in [2.45, 2.75) is 51.5 Å². The highest BCUT2D eigenvalue weighted by molar-refractivity contribution is 5.93. The number of carbonyl (C=O) groups excluding carboxylic acids is 1. The smallest absolute Gasteiger partial charge is 0.256 e. The van der Waals surface area contributed by atoms with Crippen molar-refractivity contribution in [1.29, 1.82) is 0 Å². The van der Waals surface area contributed by atoms with E-state index in [9.17, 15) is 4.79 Å². The summed E-state index contributed by atoms with van der Waals surface area (Å²) in [5.41, 5.74) is 1.66. The van der Waals surface area contributed by atoms with Gasteiger partial charge in [0, 0.05) is 45.1 Å². The van der Waals surface area contributed by atoms with Gasteiger partial charge < -0.3 is 19.3 Å². The minimum absolute atomic E-state index is 0.0439. The van der Waals surface area contributed by atoms with E-state index < -0.39 is 0 Å². The Bertz CT molecular complexity index is 755. The van der Waals surface area contributed by atoms with Crippen molar-refractivity contribution in [2.24, 2.45) is 0 Å². The summed E-state index contributed by atoms with van der Waals surface area (Å²) in [6.45, 7) is 6.64. The Hall–Kier alpha value is -2.12. The van der Waals surface area contributed by atoms with Gasteiger partial charge >= 0.3 is 0 Å². The number of methoxy groups -OCH3 is 1. The monoisotopic (exact) mass is 416 g/mol. The number of likely N-dealkylation sites (N-methyl/N-ethyl adjacent to an activating group) is 1. The van der Waals surface area contributed by atoms with E-state index in [0.29, 0.717) is 18.7 Å². The predicted molar refractivity (Wildman–Crippen MR) is 118 cm³/mol. The number of hydrogen-bond donors (Lipinski definition) is 0. The number of unbranched alkanes of at least 4 members (excludes halogenated alkanes) is 1. The van der Waals surface area contributed by atoms with Crippen LogP contribution in [-0.4, -0.2) is 78.5 Å². The molecule has 1 amide bonds. The minimum atomic E-state index is -0.0439. The Kier molecular flexibility index (Phi) is 8.51. The van der Waals surface area contributed by atoms with Gasteiger partial charge in [-0.2, -0.15) is 5.10 Å². The topological polar surface area (TPSA) is 59.8 Å². The standard InChI is InChI=1S/C23H36N4O3/c1-19-7-6-13-26(19)12-4-5-15-30-22-10-8-21(9-11-22)27-18-20(17-24-27)23(28)25(2)14-16-29-3/h8,10,17-19H,4-7,9,11-16H2,1-3H3. The lowest BCUT2D eigenvalue weighted by atomic mass is 10.1. The summed E-state index contributed by atoms with van der Waals surface area (Å²) in [4.78, 5) is 16.7. The average molecular weight is 417 g/mol. The Labute approximate surface area is 180 Å². The quantitative estimate of drug-likeness (QED) is 0.518. The van der Waals surface area contributed by atoms with E-state index in [-0.39, 0.29) is 5.91 Å². The number of likely N-dealkylation sites (tertiary alicyclic amines) is 1. The molecule has 1 aliphatic carbocycles. The molecule has 0 spiro atoms. The summed E-state index contributed by atoms with van der Waals surface area (Å²) in [5.74, 6) is 0.994. The van der Waals surface area contributed by atoms with Crippen molar-refractivity contribution < 1.29 is 14.3 Å². The molecule has 3 rings (SSSR count). The minimum Gasteiger partial charge on any atom is -0.498 e.